The quantitative estimate of drug-likeness (QED) is 0.367. The molecular weight excluding hydrogens is 398 g/mol. The predicted molar refractivity (Wildman–Crippen MR) is 126 cm³/mol. The molecule has 0 bridgehead atoms. The lowest BCUT2D eigenvalue weighted by atomic mass is 10.1. The third-order valence-corrected chi connectivity index (χ3v) is 5.10. The van der Waals surface area contributed by atoms with Gasteiger partial charge in [0.15, 0.2) is 0 Å². The molecule has 2 aromatic heterocycles. The largest absolute Gasteiger partial charge is 0.493 e. The van der Waals surface area contributed by atoms with Crippen LogP contribution in [-0.4, -0.2) is 32.2 Å². The Hall–Kier alpha value is -4.32. The molecule has 0 fully saturated rings. The van der Waals surface area contributed by atoms with Crippen molar-refractivity contribution in [2.75, 3.05) is 6.61 Å². The van der Waals surface area contributed by atoms with Crippen LogP contribution >= 0.6 is 0 Å². The van der Waals surface area contributed by atoms with E-state index in [0.29, 0.717) is 12.4 Å². The van der Waals surface area contributed by atoms with Crippen molar-refractivity contribution in [1.29, 1.82) is 0 Å². The summed E-state index contributed by atoms with van der Waals surface area (Å²) >= 11 is 0. The molecule has 0 atom stereocenters. The first kappa shape index (κ1) is 19.6. The number of nitrogens with zero attached hydrogens (tertiary/aromatic N) is 4. The molecular formula is C26H21N5O. The average molecular weight is 419 g/mol. The highest BCUT2D eigenvalue weighted by atomic mass is 16.5. The summed E-state index contributed by atoms with van der Waals surface area (Å²) in [5, 5.41) is 15.3. The number of rotatable bonds is 7. The molecule has 0 saturated heterocycles. The fourth-order valence-electron chi connectivity index (χ4n) is 3.49. The van der Waals surface area contributed by atoms with Crippen molar-refractivity contribution in [2.45, 2.75) is 6.42 Å². The first-order chi connectivity index (χ1) is 15.8. The lowest BCUT2D eigenvalue weighted by Gasteiger charge is -2.07. The highest BCUT2D eigenvalue weighted by molar-refractivity contribution is 5.78. The summed E-state index contributed by atoms with van der Waals surface area (Å²) in [7, 11) is 0. The molecule has 0 aliphatic carbocycles. The Kier molecular flexibility index (Phi) is 5.66. The van der Waals surface area contributed by atoms with Gasteiger partial charge < -0.3 is 4.74 Å². The van der Waals surface area contributed by atoms with Crippen LogP contribution in [0.5, 0.6) is 5.75 Å². The van der Waals surface area contributed by atoms with E-state index in [1.54, 1.807) is 0 Å². The van der Waals surface area contributed by atoms with E-state index < -0.39 is 0 Å². The van der Waals surface area contributed by atoms with Gasteiger partial charge in [0, 0.05) is 23.1 Å². The molecule has 0 radical (unpaired) electrons. The molecule has 32 heavy (non-hydrogen) atoms. The molecule has 0 amide bonds. The van der Waals surface area contributed by atoms with Gasteiger partial charge in [-0.3, -0.25) is 4.98 Å². The van der Waals surface area contributed by atoms with Gasteiger partial charge in [-0.1, -0.05) is 66.7 Å². The van der Waals surface area contributed by atoms with Gasteiger partial charge >= 0.3 is 0 Å². The molecule has 5 aromatic rings. The van der Waals surface area contributed by atoms with Crippen LogP contribution in [0, 0.1) is 0 Å². The second-order valence-corrected chi connectivity index (χ2v) is 7.36. The van der Waals surface area contributed by atoms with Crippen LogP contribution in [0.25, 0.3) is 34.4 Å². The van der Waals surface area contributed by atoms with E-state index in [1.165, 1.54) is 0 Å². The summed E-state index contributed by atoms with van der Waals surface area (Å²) in [4.78, 5) is 4.71. The van der Waals surface area contributed by atoms with Gasteiger partial charge in [0.05, 0.1) is 12.1 Å². The zero-order valence-electron chi connectivity index (χ0n) is 17.3. The Morgan fingerprint density at radius 1 is 0.812 bits per heavy atom. The minimum atomic E-state index is 0.575. The van der Waals surface area contributed by atoms with E-state index in [-0.39, 0.29) is 0 Å². The Morgan fingerprint density at radius 2 is 1.66 bits per heavy atom. The summed E-state index contributed by atoms with van der Waals surface area (Å²) in [6.45, 7) is 0.575. The Balaban J connectivity index is 1.22. The summed E-state index contributed by atoms with van der Waals surface area (Å²) < 4.78 is 5.98. The monoisotopic (exact) mass is 419 g/mol. The summed E-state index contributed by atoms with van der Waals surface area (Å²) in [5.41, 5.74) is 5.08. The average Bonchev–Trinajstić information content (AvgIpc) is 3.38. The number of tetrazole rings is 1. The first-order valence-corrected chi connectivity index (χ1v) is 10.4. The molecule has 6 nitrogen and oxygen atoms in total. The molecule has 6 heteroatoms. The maximum absolute atomic E-state index is 5.98. The number of hydrogen-bond donors (Lipinski definition) is 1. The van der Waals surface area contributed by atoms with Crippen LogP contribution in [0.3, 0.4) is 0 Å². The van der Waals surface area contributed by atoms with E-state index >= 15 is 0 Å². The highest BCUT2D eigenvalue weighted by Crippen LogP contribution is 2.19. The minimum absolute atomic E-state index is 0.575. The van der Waals surface area contributed by atoms with E-state index in [2.05, 4.69) is 57.0 Å². The van der Waals surface area contributed by atoms with Crippen LogP contribution in [0.1, 0.15) is 16.8 Å². The fourth-order valence-corrected chi connectivity index (χ4v) is 3.49. The van der Waals surface area contributed by atoms with Crippen LogP contribution in [-0.2, 0) is 6.42 Å². The molecule has 0 aliphatic heterocycles. The third-order valence-electron chi connectivity index (χ3n) is 5.10. The zero-order chi connectivity index (χ0) is 21.6. The standard InChI is InChI=1S/C26H21N5O/c1-2-10-25-21(7-1)13-14-23(27-25)15-16-32-24-9-4-6-20(18-24)12-11-19-5-3-8-22(17-19)26-28-30-31-29-26/h1-14,17-18H,15-16H2,(H,28,29,30,31)/b12-11+. The second kappa shape index (κ2) is 9.22. The lowest BCUT2D eigenvalue weighted by Crippen LogP contribution is -2.03. The normalized spacial score (nSPS) is 11.2. The number of H-pyrrole nitrogens is 1. The van der Waals surface area contributed by atoms with Crippen LogP contribution in [0.4, 0.5) is 0 Å². The summed E-state index contributed by atoms with van der Waals surface area (Å²) in [6, 6.07) is 28.4. The molecule has 0 spiro atoms. The number of fused-ring (bicyclic) bond motifs is 1. The maximum Gasteiger partial charge on any atom is 0.204 e. The van der Waals surface area contributed by atoms with Crippen LogP contribution in [0.15, 0.2) is 84.9 Å². The van der Waals surface area contributed by atoms with Crippen molar-refractivity contribution >= 4 is 23.1 Å². The number of nitrogens with one attached hydrogen (secondary N) is 1. The molecule has 0 unspecified atom stereocenters. The number of aromatic amines is 1. The van der Waals surface area contributed by atoms with Crippen molar-refractivity contribution in [1.82, 2.24) is 25.6 Å². The molecule has 3 aromatic carbocycles. The summed E-state index contributed by atoms with van der Waals surface area (Å²) in [6.07, 6.45) is 4.88. The van der Waals surface area contributed by atoms with Gasteiger partial charge in [0.25, 0.3) is 0 Å². The van der Waals surface area contributed by atoms with E-state index in [4.69, 9.17) is 9.72 Å². The smallest absolute Gasteiger partial charge is 0.204 e. The van der Waals surface area contributed by atoms with Gasteiger partial charge in [-0.25, -0.2) is 0 Å². The van der Waals surface area contributed by atoms with Gasteiger partial charge in [0.1, 0.15) is 5.75 Å². The van der Waals surface area contributed by atoms with Crippen molar-refractivity contribution in [3.63, 3.8) is 0 Å². The van der Waals surface area contributed by atoms with Gasteiger partial charge in [-0.15, -0.1) is 10.2 Å². The number of pyridine rings is 1. The van der Waals surface area contributed by atoms with E-state index in [0.717, 1.165) is 45.5 Å². The lowest BCUT2D eigenvalue weighted by molar-refractivity contribution is 0.320. The first-order valence-electron chi connectivity index (χ1n) is 10.4. The highest BCUT2D eigenvalue weighted by Gasteiger charge is 2.03. The molecule has 0 saturated carbocycles. The number of benzene rings is 3. The van der Waals surface area contributed by atoms with Gasteiger partial charge in [-0.2, -0.15) is 5.21 Å². The number of para-hydroxylation sites is 1. The predicted octanol–water partition coefficient (Wildman–Crippen LogP) is 5.21. The van der Waals surface area contributed by atoms with Crippen LogP contribution in [0.2, 0.25) is 0 Å². The topological polar surface area (TPSA) is 76.6 Å². The van der Waals surface area contributed by atoms with Crippen LogP contribution < -0.4 is 4.74 Å². The Bertz CT molecular complexity index is 1360. The number of hydrogen-bond acceptors (Lipinski definition) is 5. The van der Waals surface area contributed by atoms with Gasteiger partial charge in [0.2, 0.25) is 5.82 Å². The maximum atomic E-state index is 5.98. The zero-order valence-corrected chi connectivity index (χ0v) is 17.3. The van der Waals surface area contributed by atoms with E-state index in [9.17, 15) is 0 Å². The second-order valence-electron chi connectivity index (χ2n) is 7.36. The van der Waals surface area contributed by atoms with E-state index in [1.807, 2.05) is 60.7 Å². The SMILES string of the molecule is C(=C\c1cccc(-c2nn[nH]n2)c1)/c1cccc(OCCc2ccc3ccccc3n2)c1. The molecule has 0 aliphatic rings. The van der Waals surface area contributed by atoms with Crippen molar-refractivity contribution in [2.24, 2.45) is 0 Å². The number of aromatic nitrogens is 5. The van der Waals surface area contributed by atoms with Crippen molar-refractivity contribution in [3.05, 3.63) is 102 Å². The molecule has 156 valence electrons. The molecule has 2 heterocycles. The van der Waals surface area contributed by atoms with Crippen molar-refractivity contribution < 1.29 is 4.74 Å². The fraction of sp³-hybridized carbons (Fsp3) is 0.0769. The Morgan fingerprint density at radius 3 is 2.53 bits per heavy atom. The summed E-state index contributed by atoms with van der Waals surface area (Å²) in [5.74, 6) is 1.42. The van der Waals surface area contributed by atoms with Crippen molar-refractivity contribution in [3.8, 4) is 17.1 Å². The molecule has 1 N–H and O–H groups in total. The molecule has 5 rings (SSSR count). The number of ether oxygens (including phenoxy) is 1. The third kappa shape index (κ3) is 4.70. The minimum Gasteiger partial charge on any atom is -0.493 e. The van der Waals surface area contributed by atoms with Gasteiger partial charge in [-0.05, 0) is 46.7 Å². The Labute approximate surface area is 185 Å².